The SMILES string of the molecule is N/C(=N/O)C1(C(=O)NCCc2ccc(Cl)s2)CCOCC1. The van der Waals surface area contributed by atoms with E-state index in [-0.39, 0.29) is 11.7 Å². The van der Waals surface area contributed by atoms with Crippen molar-refractivity contribution in [1.82, 2.24) is 5.32 Å². The molecule has 116 valence electrons. The summed E-state index contributed by atoms with van der Waals surface area (Å²) >= 11 is 7.35. The lowest BCUT2D eigenvalue weighted by Gasteiger charge is -2.34. The van der Waals surface area contributed by atoms with Crippen LogP contribution in [0.25, 0.3) is 0 Å². The van der Waals surface area contributed by atoms with Crippen LogP contribution in [0.5, 0.6) is 0 Å². The van der Waals surface area contributed by atoms with E-state index in [1.54, 1.807) is 0 Å². The van der Waals surface area contributed by atoms with Crippen molar-refractivity contribution in [1.29, 1.82) is 0 Å². The first-order chi connectivity index (χ1) is 10.1. The van der Waals surface area contributed by atoms with Gasteiger partial charge in [-0.15, -0.1) is 11.3 Å². The molecule has 0 unspecified atom stereocenters. The molecule has 0 aromatic carbocycles. The van der Waals surface area contributed by atoms with Crippen LogP contribution < -0.4 is 11.1 Å². The van der Waals surface area contributed by atoms with Crippen molar-refractivity contribution in [2.75, 3.05) is 19.8 Å². The molecule has 8 heteroatoms. The van der Waals surface area contributed by atoms with Gasteiger partial charge in [0.2, 0.25) is 5.91 Å². The normalized spacial score (nSPS) is 18.4. The highest BCUT2D eigenvalue weighted by Gasteiger charge is 2.44. The molecule has 0 saturated carbocycles. The van der Waals surface area contributed by atoms with E-state index >= 15 is 0 Å². The van der Waals surface area contributed by atoms with Gasteiger partial charge in [-0.05, 0) is 31.4 Å². The quantitative estimate of drug-likeness (QED) is 0.330. The number of carbonyl (C=O) groups excluding carboxylic acids is 1. The number of ether oxygens (including phenoxy) is 1. The van der Waals surface area contributed by atoms with Crippen LogP contribution >= 0.6 is 22.9 Å². The highest BCUT2D eigenvalue weighted by Crippen LogP contribution is 2.31. The average molecular weight is 332 g/mol. The maximum atomic E-state index is 12.5. The third-order valence-corrected chi connectivity index (χ3v) is 4.96. The molecule has 4 N–H and O–H groups in total. The fourth-order valence-corrected chi connectivity index (χ4v) is 3.46. The van der Waals surface area contributed by atoms with Gasteiger partial charge in [-0.25, -0.2) is 0 Å². The number of nitrogens with one attached hydrogen (secondary N) is 1. The fraction of sp³-hybridized carbons (Fsp3) is 0.538. The monoisotopic (exact) mass is 331 g/mol. The number of hydrogen-bond acceptors (Lipinski definition) is 5. The molecule has 1 amide bonds. The van der Waals surface area contributed by atoms with Crippen molar-refractivity contribution in [3.8, 4) is 0 Å². The highest BCUT2D eigenvalue weighted by molar-refractivity contribution is 7.16. The summed E-state index contributed by atoms with van der Waals surface area (Å²) in [4.78, 5) is 13.6. The highest BCUT2D eigenvalue weighted by atomic mass is 35.5. The molecule has 21 heavy (non-hydrogen) atoms. The largest absolute Gasteiger partial charge is 0.409 e. The van der Waals surface area contributed by atoms with Crippen LogP contribution in [0.3, 0.4) is 0 Å². The third-order valence-electron chi connectivity index (χ3n) is 3.66. The van der Waals surface area contributed by atoms with E-state index in [9.17, 15) is 4.79 Å². The van der Waals surface area contributed by atoms with Crippen molar-refractivity contribution in [3.63, 3.8) is 0 Å². The number of amides is 1. The number of nitrogens with zero attached hydrogens (tertiary/aromatic N) is 1. The van der Waals surface area contributed by atoms with Crippen molar-refractivity contribution in [2.24, 2.45) is 16.3 Å². The molecule has 1 aliphatic rings. The predicted molar refractivity (Wildman–Crippen MR) is 81.9 cm³/mol. The Morgan fingerprint density at radius 3 is 2.81 bits per heavy atom. The van der Waals surface area contributed by atoms with Crippen LogP contribution in [-0.4, -0.2) is 36.7 Å². The van der Waals surface area contributed by atoms with E-state index in [1.165, 1.54) is 11.3 Å². The summed E-state index contributed by atoms with van der Waals surface area (Å²) in [6.45, 7) is 1.32. The zero-order valence-electron chi connectivity index (χ0n) is 11.5. The Morgan fingerprint density at radius 2 is 2.24 bits per heavy atom. The lowest BCUT2D eigenvalue weighted by Crippen LogP contribution is -2.53. The summed E-state index contributed by atoms with van der Waals surface area (Å²) in [6.07, 6.45) is 1.53. The van der Waals surface area contributed by atoms with Crippen LogP contribution in [-0.2, 0) is 16.0 Å². The molecule has 1 aromatic rings. The molecule has 0 atom stereocenters. The second-order valence-electron chi connectivity index (χ2n) is 4.89. The van der Waals surface area contributed by atoms with Crippen molar-refractivity contribution < 1.29 is 14.7 Å². The van der Waals surface area contributed by atoms with E-state index in [0.29, 0.717) is 39.0 Å². The molecule has 1 aliphatic heterocycles. The molecule has 0 spiro atoms. The maximum Gasteiger partial charge on any atom is 0.234 e. The molecular weight excluding hydrogens is 314 g/mol. The van der Waals surface area contributed by atoms with Crippen LogP contribution in [0.1, 0.15) is 17.7 Å². The number of oxime groups is 1. The summed E-state index contributed by atoms with van der Waals surface area (Å²) in [5.74, 6) is -0.272. The third kappa shape index (κ3) is 3.66. The Balaban J connectivity index is 1.95. The summed E-state index contributed by atoms with van der Waals surface area (Å²) in [7, 11) is 0. The number of nitrogens with two attached hydrogens (primary N) is 1. The Kier molecular flexibility index (Phi) is 5.44. The van der Waals surface area contributed by atoms with E-state index in [4.69, 9.17) is 27.3 Å². The van der Waals surface area contributed by atoms with Gasteiger partial charge in [0, 0.05) is 24.6 Å². The molecule has 1 fully saturated rings. The van der Waals surface area contributed by atoms with Gasteiger partial charge in [0.25, 0.3) is 0 Å². The maximum absolute atomic E-state index is 12.5. The van der Waals surface area contributed by atoms with E-state index < -0.39 is 5.41 Å². The Labute approximate surface area is 131 Å². The zero-order valence-corrected chi connectivity index (χ0v) is 13.0. The molecule has 0 radical (unpaired) electrons. The molecule has 2 heterocycles. The van der Waals surface area contributed by atoms with Crippen LogP contribution in [0.4, 0.5) is 0 Å². The smallest absolute Gasteiger partial charge is 0.234 e. The molecular formula is C13H18ClN3O3S. The Bertz CT molecular complexity index is 526. The van der Waals surface area contributed by atoms with E-state index in [2.05, 4.69) is 10.5 Å². The summed E-state index contributed by atoms with van der Waals surface area (Å²) in [5, 5.41) is 14.8. The number of hydrogen-bond donors (Lipinski definition) is 3. The first-order valence-corrected chi connectivity index (χ1v) is 7.86. The molecule has 1 saturated heterocycles. The Hall–Kier alpha value is -1.31. The van der Waals surface area contributed by atoms with Crippen LogP contribution in [0.15, 0.2) is 17.3 Å². The average Bonchev–Trinajstić information content (AvgIpc) is 2.92. The predicted octanol–water partition coefficient (Wildman–Crippen LogP) is 1.60. The van der Waals surface area contributed by atoms with Gasteiger partial charge >= 0.3 is 0 Å². The molecule has 0 bridgehead atoms. The first kappa shape index (κ1) is 16.1. The zero-order chi connectivity index (χ0) is 15.3. The molecule has 1 aromatic heterocycles. The van der Waals surface area contributed by atoms with Gasteiger partial charge in [0.05, 0.1) is 4.34 Å². The molecule has 6 nitrogen and oxygen atoms in total. The Morgan fingerprint density at radius 1 is 1.52 bits per heavy atom. The van der Waals surface area contributed by atoms with Gasteiger partial charge in [0.15, 0.2) is 5.84 Å². The van der Waals surface area contributed by atoms with Gasteiger partial charge in [-0.1, -0.05) is 16.8 Å². The number of halogens is 1. The summed E-state index contributed by atoms with van der Waals surface area (Å²) in [5.41, 5.74) is 4.77. The second kappa shape index (κ2) is 7.11. The number of rotatable bonds is 5. The lowest BCUT2D eigenvalue weighted by atomic mass is 9.78. The standard InChI is InChI=1S/C13H18ClN3O3S/c14-10-2-1-9(21-10)3-6-16-12(18)13(11(15)17-19)4-7-20-8-5-13/h1-2,19H,3-8H2,(H2,15,17)(H,16,18). The van der Waals surface area contributed by atoms with Gasteiger partial charge in [-0.3, -0.25) is 4.79 Å². The molecule has 0 aliphatic carbocycles. The number of amidine groups is 1. The number of thiophene rings is 1. The van der Waals surface area contributed by atoms with E-state index in [0.717, 1.165) is 9.21 Å². The lowest BCUT2D eigenvalue weighted by molar-refractivity contribution is -0.131. The van der Waals surface area contributed by atoms with Crippen molar-refractivity contribution >= 4 is 34.7 Å². The van der Waals surface area contributed by atoms with Gasteiger partial charge in [0.1, 0.15) is 5.41 Å². The summed E-state index contributed by atoms with van der Waals surface area (Å²) in [6, 6.07) is 3.77. The number of carbonyl (C=O) groups is 1. The van der Waals surface area contributed by atoms with Gasteiger partial charge in [-0.2, -0.15) is 0 Å². The van der Waals surface area contributed by atoms with Crippen molar-refractivity contribution in [2.45, 2.75) is 19.3 Å². The minimum atomic E-state index is -0.972. The summed E-state index contributed by atoms with van der Waals surface area (Å²) < 4.78 is 5.99. The first-order valence-electron chi connectivity index (χ1n) is 6.67. The fourth-order valence-electron chi connectivity index (χ4n) is 2.37. The van der Waals surface area contributed by atoms with E-state index in [1.807, 2.05) is 12.1 Å². The van der Waals surface area contributed by atoms with Crippen molar-refractivity contribution in [3.05, 3.63) is 21.3 Å². The minimum absolute atomic E-state index is 0.0533. The molecule has 2 rings (SSSR count). The van der Waals surface area contributed by atoms with Crippen LogP contribution in [0.2, 0.25) is 4.34 Å². The second-order valence-corrected chi connectivity index (χ2v) is 6.69. The minimum Gasteiger partial charge on any atom is -0.409 e. The topological polar surface area (TPSA) is 96.9 Å². The van der Waals surface area contributed by atoms with Gasteiger partial charge < -0.3 is 21.0 Å². The van der Waals surface area contributed by atoms with Crippen LogP contribution in [0, 0.1) is 5.41 Å².